The fourth-order valence-corrected chi connectivity index (χ4v) is 2.64. The van der Waals surface area contributed by atoms with Crippen LogP contribution >= 0.6 is 0 Å². The van der Waals surface area contributed by atoms with Gasteiger partial charge in [-0.15, -0.1) is 0 Å². The van der Waals surface area contributed by atoms with Crippen molar-refractivity contribution in [2.24, 2.45) is 0 Å². The van der Waals surface area contributed by atoms with Crippen LogP contribution in [0.15, 0.2) is 34.9 Å². The van der Waals surface area contributed by atoms with Crippen molar-refractivity contribution in [3.05, 3.63) is 47.7 Å². The third-order valence-electron chi connectivity index (χ3n) is 3.69. The Morgan fingerprint density at radius 2 is 2.17 bits per heavy atom. The Labute approximate surface area is 106 Å². The minimum absolute atomic E-state index is 0.0300. The number of aryl methyl sites for hydroxylation is 1. The first kappa shape index (κ1) is 11.1. The number of rotatable bonds is 1. The van der Waals surface area contributed by atoms with Crippen LogP contribution in [0.1, 0.15) is 34.9 Å². The Morgan fingerprint density at radius 1 is 1.33 bits per heavy atom. The summed E-state index contributed by atoms with van der Waals surface area (Å²) < 4.78 is 7.47. The number of amides is 1. The second-order valence-corrected chi connectivity index (χ2v) is 4.70. The number of carbonyl (C=O) groups is 1. The van der Waals surface area contributed by atoms with Crippen molar-refractivity contribution >= 4 is 5.91 Å². The van der Waals surface area contributed by atoms with Crippen LogP contribution in [-0.2, 0) is 6.54 Å². The van der Waals surface area contributed by atoms with E-state index in [2.05, 4.69) is 30.5 Å². The molecular weight excluding hydrogens is 228 g/mol. The summed E-state index contributed by atoms with van der Waals surface area (Å²) in [4.78, 5) is 14.2. The van der Waals surface area contributed by atoms with Gasteiger partial charge < -0.3 is 13.9 Å². The van der Waals surface area contributed by atoms with Crippen LogP contribution in [0.25, 0.3) is 0 Å². The third-order valence-corrected chi connectivity index (χ3v) is 3.69. The summed E-state index contributed by atoms with van der Waals surface area (Å²) >= 11 is 0. The van der Waals surface area contributed by atoms with Crippen LogP contribution < -0.4 is 0 Å². The average Bonchev–Trinajstić information content (AvgIpc) is 2.99. The molecule has 0 aliphatic carbocycles. The molecule has 0 unspecified atom stereocenters. The number of fused-ring (bicyclic) bond motifs is 1. The molecular formula is C14H16N2O2. The standard InChI is InChI=1S/C14H16N2O2/c1-10-5-6-12-11(2)16(8-7-15(10)12)14(17)13-4-3-9-18-13/h3-6,9,11H,7-8H2,1-2H3/t11-/m0/s1. The van der Waals surface area contributed by atoms with Crippen molar-refractivity contribution in [2.75, 3.05) is 6.54 Å². The molecule has 3 rings (SSSR count). The molecule has 0 N–H and O–H groups in total. The highest BCUT2D eigenvalue weighted by atomic mass is 16.3. The normalized spacial score (nSPS) is 18.8. The maximum atomic E-state index is 12.3. The molecule has 0 radical (unpaired) electrons. The van der Waals surface area contributed by atoms with E-state index in [1.807, 2.05) is 4.90 Å². The van der Waals surface area contributed by atoms with Crippen LogP contribution in [0.4, 0.5) is 0 Å². The van der Waals surface area contributed by atoms with Gasteiger partial charge in [-0.25, -0.2) is 0 Å². The van der Waals surface area contributed by atoms with Crippen molar-refractivity contribution in [3.8, 4) is 0 Å². The molecule has 2 aromatic heterocycles. The molecule has 3 heterocycles. The Hall–Kier alpha value is -1.97. The maximum Gasteiger partial charge on any atom is 0.290 e. The number of aromatic nitrogens is 1. The van der Waals surface area contributed by atoms with E-state index in [1.165, 1.54) is 17.7 Å². The van der Waals surface area contributed by atoms with Crippen LogP contribution in [0.5, 0.6) is 0 Å². The second-order valence-electron chi connectivity index (χ2n) is 4.70. The Morgan fingerprint density at radius 3 is 2.89 bits per heavy atom. The summed E-state index contributed by atoms with van der Waals surface area (Å²) in [6.45, 7) is 5.74. The van der Waals surface area contributed by atoms with Gasteiger partial charge in [0, 0.05) is 24.5 Å². The van der Waals surface area contributed by atoms with E-state index in [4.69, 9.17) is 4.42 Å². The second kappa shape index (κ2) is 4.05. The molecule has 0 saturated heterocycles. The fourth-order valence-electron chi connectivity index (χ4n) is 2.64. The highest BCUT2D eigenvalue weighted by Crippen LogP contribution is 2.28. The lowest BCUT2D eigenvalue weighted by Crippen LogP contribution is -2.40. The van der Waals surface area contributed by atoms with Gasteiger partial charge >= 0.3 is 0 Å². The molecule has 0 spiro atoms. The number of furan rings is 1. The van der Waals surface area contributed by atoms with Crippen molar-refractivity contribution in [1.29, 1.82) is 0 Å². The summed E-state index contributed by atoms with van der Waals surface area (Å²) in [5, 5.41) is 0. The van der Waals surface area contributed by atoms with E-state index in [9.17, 15) is 4.79 Å². The van der Waals surface area contributed by atoms with Gasteiger partial charge in [0.05, 0.1) is 12.3 Å². The zero-order chi connectivity index (χ0) is 12.7. The van der Waals surface area contributed by atoms with E-state index in [0.29, 0.717) is 5.76 Å². The Kier molecular flexibility index (Phi) is 2.51. The molecule has 1 aliphatic heterocycles. The highest BCUT2D eigenvalue weighted by molar-refractivity contribution is 5.91. The molecule has 4 heteroatoms. The number of nitrogens with zero attached hydrogens (tertiary/aromatic N) is 2. The molecule has 1 atom stereocenters. The Balaban J connectivity index is 1.91. The van der Waals surface area contributed by atoms with Gasteiger partial charge in [-0.3, -0.25) is 4.79 Å². The number of hydrogen-bond donors (Lipinski definition) is 0. The lowest BCUT2D eigenvalue weighted by Gasteiger charge is -2.34. The minimum atomic E-state index is -0.0300. The first-order valence-corrected chi connectivity index (χ1v) is 6.19. The monoisotopic (exact) mass is 244 g/mol. The molecule has 18 heavy (non-hydrogen) atoms. The molecule has 1 aliphatic rings. The predicted molar refractivity (Wildman–Crippen MR) is 67.3 cm³/mol. The van der Waals surface area contributed by atoms with Crippen LogP contribution in [-0.4, -0.2) is 21.9 Å². The van der Waals surface area contributed by atoms with Gasteiger partial charge in [0.25, 0.3) is 5.91 Å². The quantitative estimate of drug-likeness (QED) is 0.773. The van der Waals surface area contributed by atoms with Crippen LogP contribution in [0, 0.1) is 6.92 Å². The van der Waals surface area contributed by atoms with E-state index < -0.39 is 0 Å². The largest absolute Gasteiger partial charge is 0.459 e. The molecule has 0 saturated carbocycles. The highest BCUT2D eigenvalue weighted by Gasteiger charge is 2.29. The minimum Gasteiger partial charge on any atom is -0.459 e. The van der Waals surface area contributed by atoms with E-state index in [0.717, 1.165) is 13.1 Å². The van der Waals surface area contributed by atoms with Crippen molar-refractivity contribution in [1.82, 2.24) is 9.47 Å². The van der Waals surface area contributed by atoms with Gasteiger partial charge in [0.15, 0.2) is 5.76 Å². The van der Waals surface area contributed by atoms with Gasteiger partial charge in [-0.05, 0) is 38.1 Å². The molecule has 0 fully saturated rings. The van der Waals surface area contributed by atoms with Crippen molar-refractivity contribution in [3.63, 3.8) is 0 Å². The van der Waals surface area contributed by atoms with Crippen molar-refractivity contribution in [2.45, 2.75) is 26.4 Å². The van der Waals surface area contributed by atoms with Gasteiger partial charge in [-0.2, -0.15) is 0 Å². The first-order chi connectivity index (χ1) is 8.68. The summed E-state index contributed by atoms with van der Waals surface area (Å²) in [7, 11) is 0. The zero-order valence-corrected chi connectivity index (χ0v) is 10.6. The molecule has 94 valence electrons. The molecule has 2 aromatic rings. The maximum absolute atomic E-state index is 12.3. The first-order valence-electron chi connectivity index (χ1n) is 6.19. The van der Waals surface area contributed by atoms with E-state index in [-0.39, 0.29) is 11.9 Å². The van der Waals surface area contributed by atoms with Gasteiger partial charge in [0.2, 0.25) is 0 Å². The number of hydrogen-bond acceptors (Lipinski definition) is 2. The molecule has 0 aromatic carbocycles. The lowest BCUT2D eigenvalue weighted by molar-refractivity contribution is 0.0610. The van der Waals surface area contributed by atoms with Crippen LogP contribution in [0.3, 0.4) is 0 Å². The van der Waals surface area contributed by atoms with Crippen molar-refractivity contribution < 1.29 is 9.21 Å². The summed E-state index contributed by atoms with van der Waals surface area (Å²) in [5.41, 5.74) is 2.45. The molecule has 4 nitrogen and oxygen atoms in total. The zero-order valence-electron chi connectivity index (χ0n) is 10.6. The summed E-state index contributed by atoms with van der Waals surface area (Å²) in [5.74, 6) is 0.385. The topological polar surface area (TPSA) is 38.4 Å². The van der Waals surface area contributed by atoms with Gasteiger partial charge in [0.1, 0.15) is 0 Å². The SMILES string of the molecule is Cc1ccc2n1CCN(C(=O)c1ccco1)[C@H]2C. The third kappa shape index (κ3) is 1.56. The summed E-state index contributed by atoms with van der Waals surface area (Å²) in [6.07, 6.45) is 1.54. The summed E-state index contributed by atoms with van der Waals surface area (Å²) in [6, 6.07) is 7.75. The predicted octanol–water partition coefficient (Wildman–Crippen LogP) is 2.61. The fraction of sp³-hybridized carbons (Fsp3) is 0.357. The van der Waals surface area contributed by atoms with Gasteiger partial charge in [-0.1, -0.05) is 0 Å². The lowest BCUT2D eigenvalue weighted by atomic mass is 10.1. The molecule has 1 amide bonds. The Bertz CT molecular complexity index is 569. The smallest absolute Gasteiger partial charge is 0.290 e. The average molecular weight is 244 g/mol. The van der Waals surface area contributed by atoms with E-state index in [1.54, 1.807) is 12.1 Å². The number of carbonyl (C=O) groups excluding carboxylic acids is 1. The molecule has 0 bridgehead atoms. The van der Waals surface area contributed by atoms with Crippen LogP contribution in [0.2, 0.25) is 0 Å². The van der Waals surface area contributed by atoms with E-state index >= 15 is 0 Å².